The summed E-state index contributed by atoms with van der Waals surface area (Å²) in [6.45, 7) is 2.48. The molecule has 1 atom stereocenters. The molecular formula is C26H25N3O5S. The number of thioether (sulfide) groups is 1. The van der Waals surface area contributed by atoms with Gasteiger partial charge in [-0.05, 0) is 42.0 Å². The highest BCUT2D eigenvalue weighted by atomic mass is 32.2. The van der Waals surface area contributed by atoms with Gasteiger partial charge in [0.1, 0.15) is 11.1 Å². The van der Waals surface area contributed by atoms with Gasteiger partial charge in [-0.3, -0.25) is 14.4 Å². The maximum absolute atomic E-state index is 13.0. The molecule has 0 saturated carbocycles. The maximum atomic E-state index is 13.0. The highest BCUT2D eigenvalue weighted by molar-refractivity contribution is 8.00. The first-order chi connectivity index (χ1) is 17.1. The molecule has 0 unspecified atom stereocenters. The Labute approximate surface area is 207 Å². The maximum Gasteiger partial charge on any atom is 0.256 e. The van der Waals surface area contributed by atoms with E-state index in [0.717, 1.165) is 11.3 Å². The number of ether oxygens (including phenoxy) is 1. The van der Waals surface area contributed by atoms with E-state index < -0.39 is 0 Å². The van der Waals surface area contributed by atoms with Crippen LogP contribution < -0.4 is 5.32 Å². The number of hydrogen-bond acceptors (Lipinski definition) is 6. The molecule has 1 aromatic heterocycles. The summed E-state index contributed by atoms with van der Waals surface area (Å²) in [5.41, 5.74) is 2.33. The summed E-state index contributed by atoms with van der Waals surface area (Å²) in [6, 6.07) is 17.9. The van der Waals surface area contributed by atoms with Crippen molar-refractivity contribution in [2.75, 3.05) is 37.4 Å². The third-order valence-corrected chi connectivity index (χ3v) is 7.29. The zero-order valence-electron chi connectivity index (χ0n) is 19.0. The third kappa shape index (κ3) is 5.11. The quantitative estimate of drug-likeness (QED) is 0.564. The number of benzene rings is 2. The van der Waals surface area contributed by atoms with Crippen LogP contribution in [-0.2, 0) is 16.1 Å². The molecule has 0 aliphatic carbocycles. The Morgan fingerprint density at radius 2 is 1.77 bits per heavy atom. The predicted molar refractivity (Wildman–Crippen MR) is 132 cm³/mol. The molecular weight excluding hydrogens is 466 g/mol. The van der Waals surface area contributed by atoms with E-state index in [1.165, 1.54) is 0 Å². The number of amides is 3. The van der Waals surface area contributed by atoms with E-state index in [0.29, 0.717) is 55.4 Å². The van der Waals surface area contributed by atoms with Gasteiger partial charge in [-0.2, -0.15) is 0 Å². The molecule has 35 heavy (non-hydrogen) atoms. The molecule has 2 aliphatic heterocycles. The third-order valence-electron chi connectivity index (χ3n) is 6.04. The minimum absolute atomic E-state index is 0.0553. The van der Waals surface area contributed by atoms with Crippen molar-refractivity contribution < 1.29 is 23.5 Å². The molecule has 2 saturated heterocycles. The Hall–Kier alpha value is -3.56. The van der Waals surface area contributed by atoms with Gasteiger partial charge in [-0.1, -0.05) is 24.3 Å². The zero-order valence-corrected chi connectivity index (χ0v) is 19.8. The van der Waals surface area contributed by atoms with Crippen molar-refractivity contribution in [1.29, 1.82) is 0 Å². The highest BCUT2D eigenvalue weighted by Crippen LogP contribution is 2.39. The predicted octanol–water partition coefficient (Wildman–Crippen LogP) is 3.78. The van der Waals surface area contributed by atoms with E-state index in [2.05, 4.69) is 5.32 Å². The molecule has 3 amide bonds. The Morgan fingerprint density at radius 3 is 2.51 bits per heavy atom. The summed E-state index contributed by atoms with van der Waals surface area (Å²) in [5, 5.41) is 2.74. The monoisotopic (exact) mass is 491 g/mol. The Kier molecular flexibility index (Phi) is 6.87. The van der Waals surface area contributed by atoms with Crippen LogP contribution in [0.2, 0.25) is 0 Å². The van der Waals surface area contributed by atoms with Crippen LogP contribution in [-0.4, -0.2) is 59.6 Å². The van der Waals surface area contributed by atoms with Gasteiger partial charge in [0.2, 0.25) is 5.91 Å². The molecule has 180 valence electrons. The molecule has 2 aromatic carbocycles. The number of morpholine rings is 1. The first kappa shape index (κ1) is 23.2. The molecule has 0 spiro atoms. The van der Waals surface area contributed by atoms with Crippen LogP contribution in [0.15, 0.2) is 71.3 Å². The lowest BCUT2D eigenvalue weighted by Gasteiger charge is -2.27. The van der Waals surface area contributed by atoms with Crippen LogP contribution in [0.3, 0.4) is 0 Å². The Bertz CT molecular complexity index is 1210. The summed E-state index contributed by atoms with van der Waals surface area (Å²) < 4.78 is 10.7. The molecule has 0 radical (unpaired) electrons. The van der Waals surface area contributed by atoms with Crippen LogP contribution >= 0.6 is 11.8 Å². The summed E-state index contributed by atoms with van der Waals surface area (Å²) in [5.74, 6) is 0.758. The van der Waals surface area contributed by atoms with Gasteiger partial charge in [-0.25, -0.2) is 0 Å². The van der Waals surface area contributed by atoms with Gasteiger partial charge in [-0.15, -0.1) is 11.8 Å². The van der Waals surface area contributed by atoms with Gasteiger partial charge >= 0.3 is 0 Å². The van der Waals surface area contributed by atoms with E-state index >= 15 is 0 Å². The van der Waals surface area contributed by atoms with Crippen molar-refractivity contribution in [3.8, 4) is 0 Å². The van der Waals surface area contributed by atoms with Crippen LogP contribution in [0.5, 0.6) is 0 Å². The first-order valence-electron chi connectivity index (χ1n) is 11.4. The average molecular weight is 492 g/mol. The van der Waals surface area contributed by atoms with Gasteiger partial charge in [0, 0.05) is 18.7 Å². The number of carbonyl (C=O) groups is 3. The number of carbonyl (C=O) groups excluding carboxylic acids is 3. The Morgan fingerprint density at radius 1 is 1.00 bits per heavy atom. The fourth-order valence-electron chi connectivity index (χ4n) is 4.18. The number of furan rings is 1. The molecule has 1 N–H and O–H groups in total. The zero-order chi connectivity index (χ0) is 24.2. The molecule has 3 heterocycles. The van der Waals surface area contributed by atoms with E-state index in [-0.39, 0.29) is 23.1 Å². The van der Waals surface area contributed by atoms with E-state index in [1.807, 2.05) is 18.2 Å². The van der Waals surface area contributed by atoms with Gasteiger partial charge in [0.05, 0.1) is 43.0 Å². The second kappa shape index (κ2) is 10.4. The van der Waals surface area contributed by atoms with Crippen molar-refractivity contribution in [2.24, 2.45) is 0 Å². The van der Waals surface area contributed by atoms with Crippen molar-refractivity contribution in [1.82, 2.24) is 9.80 Å². The molecule has 5 rings (SSSR count). The average Bonchev–Trinajstić information content (AvgIpc) is 3.55. The fourth-order valence-corrected chi connectivity index (χ4v) is 5.37. The van der Waals surface area contributed by atoms with Gasteiger partial charge < -0.3 is 24.3 Å². The summed E-state index contributed by atoms with van der Waals surface area (Å²) in [7, 11) is 0. The molecule has 2 fully saturated rings. The smallest absolute Gasteiger partial charge is 0.256 e. The van der Waals surface area contributed by atoms with Gasteiger partial charge in [0.15, 0.2) is 0 Å². The largest absolute Gasteiger partial charge is 0.467 e. The lowest BCUT2D eigenvalue weighted by molar-refractivity contribution is -0.128. The number of nitrogens with one attached hydrogen (secondary N) is 1. The van der Waals surface area contributed by atoms with Crippen LogP contribution in [0.25, 0.3) is 0 Å². The minimum atomic E-state index is -0.304. The number of nitrogens with zero attached hydrogens (tertiary/aromatic N) is 2. The molecule has 9 heteroatoms. The lowest BCUT2D eigenvalue weighted by Crippen LogP contribution is -2.41. The van der Waals surface area contributed by atoms with Crippen molar-refractivity contribution in [3.63, 3.8) is 0 Å². The summed E-state index contributed by atoms with van der Waals surface area (Å²) in [4.78, 5) is 41.9. The number of para-hydroxylation sites is 1. The van der Waals surface area contributed by atoms with Crippen molar-refractivity contribution >= 4 is 35.2 Å². The van der Waals surface area contributed by atoms with Crippen molar-refractivity contribution in [3.05, 3.63) is 89.4 Å². The molecule has 8 nitrogen and oxygen atoms in total. The van der Waals surface area contributed by atoms with Crippen molar-refractivity contribution in [2.45, 2.75) is 11.9 Å². The van der Waals surface area contributed by atoms with E-state index in [9.17, 15) is 14.4 Å². The van der Waals surface area contributed by atoms with Crippen LogP contribution in [0.1, 0.15) is 37.4 Å². The number of hydrogen-bond donors (Lipinski definition) is 1. The standard InChI is InChI=1S/C26H25N3O5S/c30-23-17-35-26(29(23)16-20-4-3-13-34-20)19-9-7-18(8-10-19)24(31)27-22-6-2-1-5-21(22)25(32)28-11-14-33-15-12-28/h1-10,13,26H,11-12,14-17H2,(H,27,31)/t26-/m0/s1. The van der Waals surface area contributed by atoms with E-state index in [1.54, 1.807) is 70.3 Å². The Balaban J connectivity index is 1.28. The normalized spacial score (nSPS) is 18.1. The number of anilines is 1. The molecule has 0 bridgehead atoms. The summed E-state index contributed by atoms with van der Waals surface area (Å²) >= 11 is 1.55. The summed E-state index contributed by atoms with van der Waals surface area (Å²) in [6.07, 6.45) is 1.60. The van der Waals surface area contributed by atoms with E-state index in [4.69, 9.17) is 9.15 Å². The first-order valence-corrected chi connectivity index (χ1v) is 12.5. The highest BCUT2D eigenvalue weighted by Gasteiger charge is 2.33. The second-order valence-corrected chi connectivity index (χ2v) is 9.36. The second-order valence-electron chi connectivity index (χ2n) is 8.29. The number of rotatable bonds is 6. The topological polar surface area (TPSA) is 92.1 Å². The molecule has 3 aromatic rings. The van der Waals surface area contributed by atoms with Crippen LogP contribution in [0, 0.1) is 0 Å². The van der Waals surface area contributed by atoms with Crippen LogP contribution in [0.4, 0.5) is 5.69 Å². The van der Waals surface area contributed by atoms with Gasteiger partial charge in [0.25, 0.3) is 11.8 Å². The SMILES string of the molecule is O=C(Nc1ccccc1C(=O)N1CCOCC1)c1ccc([C@@H]2SCC(=O)N2Cc2ccco2)cc1. The lowest BCUT2D eigenvalue weighted by atomic mass is 10.1. The fraction of sp³-hybridized carbons (Fsp3) is 0.269. The minimum Gasteiger partial charge on any atom is -0.467 e. The molecule has 2 aliphatic rings.